The summed E-state index contributed by atoms with van der Waals surface area (Å²) in [5, 5.41) is 11.4. The number of aromatic nitrogens is 7. The number of esters is 1. The zero-order valence-electron chi connectivity index (χ0n) is 40.8. The Morgan fingerprint density at radius 3 is 2.26 bits per heavy atom. The maximum atomic E-state index is 13.4. The van der Waals surface area contributed by atoms with E-state index in [1.54, 1.807) is 6.33 Å². The molecule has 0 aromatic carbocycles. The number of nitrogens with zero attached hydrogens (tertiary/aromatic N) is 7. The van der Waals surface area contributed by atoms with Crippen molar-refractivity contribution in [3.05, 3.63) is 71.8 Å². The van der Waals surface area contributed by atoms with Crippen LogP contribution < -0.4 is 5.73 Å². The number of imidazole rings is 1. The molecule has 8 rings (SSSR count). The summed E-state index contributed by atoms with van der Waals surface area (Å²) in [6.45, 7) is 16.6. The Labute approximate surface area is 418 Å². The number of ether oxygens (including phenoxy) is 2. The van der Waals surface area contributed by atoms with Gasteiger partial charge in [0.05, 0.1) is 24.0 Å². The Kier molecular flexibility index (Phi) is 16.8. The molecule has 0 unspecified atom stereocenters. The highest BCUT2D eigenvalue weighted by Gasteiger charge is 2.43. The van der Waals surface area contributed by atoms with E-state index in [-0.39, 0.29) is 17.4 Å². The average molecular weight is 1010 g/mol. The van der Waals surface area contributed by atoms with Crippen molar-refractivity contribution >= 4 is 76.6 Å². The van der Waals surface area contributed by atoms with Crippen molar-refractivity contribution in [2.45, 2.75) is 168 Å². The van der Waals surface area contributed by atoms with E-state index in [4.69, 9.17) is 19.6 Å². The Hall–Kier alpha value is -4.10. The highest BCUT2D eigenvalue weighted by atomic mass is 32.1. The smallest absolute Gasteiger partial charge is 0.306 e. The third-order valence-electron chi connectivity index (χ3n) is 13.4. The summed E-state index contributed by atoms with van der Waals surface area (Å²) in [6, 6.07) is 13.9. The number of anilines is 1. The van der Waals surface area contributed by atoms with Gasteiger partial charge in [-0.25, -0.2) is 15.0 Å². The zero-order chi connectivity index (χ0) is 47.8. The van der Waals surface area contributed by atoms with Crippen LogP contribution in [0.1, 0.15) is 129 Å². The summed E-state index contributed by atoms with van der Waals surface area (Å²) in [5.41, 5.74) is 10.9. The third-order valence-corrected chi connectivity index (χ3v) is 22.8. The van der Waals surface area contributed by atoms with Crippen LogP contribution in [0.4, 0.5) is 5.82 Å². The third kappa shape index (κ3) is 12.1. The minimum atomic E-state index is -2.10. The van der Waals surface area contributed by atoms with Gasteiger partial charge >= 0.3 is 5.97 Å². The molecule has 8 heterocycles. The standard InChI is InChI=1S/C51H68N8O4S4Si/c1-8-10-12-14-18-34-25-27-64-47(34)41-23-21-39(65-41)40-22-24-42(66-40)48-35(19-15-13-11-9-2)28-43(67-48)36-30-58(57-56-36)26-17-16-20-45(60)63-37-29-44(59-33-55-46-49(52)53-32-54-50(46)59)62-38(37)31-61-68(6,7)51(3,4)5/h21-25,27-28,30,32-33,37-38,44H,8-20,26,29,31H2,1-7H3,(H2,52,53,54)/t37-,38+,44+/m0/s1. The number of thiophene rings is 4. The van der Waals surface area contributed by atoms with E-state index < -0.39 is 26.8 Å². The largest absolute Gasteiger partial charge is 0.459 e. The van der Waals surface area contributed by atoms with Crippen LogP contribution >= 0.6 is 45.3 Å². The molecule has 0 bridgehead atoms. The van der Waals surface area contributed by atoms with Crippen LogP contribution in [-0.4, -0.2) is 67.6 Å². The second-order valence-electron chi connectivity index (χ2n) is 19.6. The molecule has 0 radical (unpaired) electrons. The molecule has 0 saturated carbocycles. The number of fused-ring (bicyclic) bond motifs is 1. The molecule has 7 aromatic rings. The number of carbonyl (C=O) groups is 1. The van der Waals surface area contributed by atoms with Crippen LogP contribution in [0.25, 0.3) is 51.0 Å². The molecule has 0 aliphatic carbocycles. The number of nitrogen functional groups attached to an aromatic ring is 1. The SMILES string of the molecule is CCCCCCc1ccsc1-c1ccc(-c2ccc(-c3sc(-c4cn(CCCCC(=O)O[C@H]5C[C@H](n6cnc7c(N)ncnc76)O[C@@H]5CO[Si](C)(C)C(C)(C)C)nn4)cc3CCCCCC)s2)s1. The maximum absolute atomic E-state index is 13.4. The number of carbonyl (C=O) groups excluding carboxylic acids is 1. The predicted octanol–water partition coefficient (Wildman–Crippen LogP) is 14.3. The van der Waals surface area contributed by atoms with Crippen molar-refractivity contribution < 1.29 is 18.7 Å². The van der Waals surface area contributed by atoms with Gasteiger partial charge in [0.1, 0.15) is 36.0 Å². The van der Waals surface area contributed by atoms with Gasteiger partial charge in [-0.1, -0.05) is 78.4 Å². The summed E-state index contributed by atoms with van der Waals surface area (Å²) >= 11 is 7.51. The molecule has 1 saturated heterocycles. The van der Waals surface area contributed by atoms with Gasteiger partial charge in [-0.05, 0) is 110 Å². The lowest BCUT2D eigenvalue weighted by Gasteiger charge is -2.37. The van der Waals surface area contributed by atoms with Crippen LogP contribution in [0.2, 0.25) is 18.1 Å². The van der Waals surface area contributed by atoms with E-state index in [1.165, 1.54) is 98.1 Å². The summed E-state index contributed by atoms with van der Waals surface area (Å²) in [7, 11) is -2.10. The Morgan fingerprint density at radius 2 is 1.54 bits per heavy atom. The van der Waals surface area contributed by atoms with Crippen molar-refractivity contribution in [1.29, 1.82) is 0 Å². The van der Waals surface area contributed by atoms with Gasteiger partial charge < -0.3 is 19.6 Å². The molecule has 1 aliphatic rings. The molecule has 2 N–H and O–H groups in total. The molecule has 3 atom stereocenters. The quantitative estimate of drug-likeness (QED) is 0.0353. The van der Waals surface area contributed by atoms with Crippen LogP contribution in [-0.2, 0) is 38.1 Å². The molecule has 7 aromatic heterocycles. The first-order valence-corrected chi connectivity index (χ1v) is 30.8. The van der Waals surface area contributed by atoms with E-state index in [9.17, 15) is 4.79 Å². The first kappa shape index (κ1) is 50.3. The number of nitrogens with two attached hydrogens (primary N) is 1. The molecule has 364 valence electrons. The fourth-order valence-electron chi connectivity index (χ4n) is 8.39. The molecule has 1 aliphatic heterocycles. The molecule has 1 fully saturated rings. The van der Waals surface area contributed by atoms with Crippen molar-refractivity contribution in [3.63, 3.8) is 0 Å². The summed E-state index contributed by atoms with van der Waals surface area (Å²) in [4.78, 5) is 35.6. The number of aryl methyl sites for hydroxylation is 3. The van der Waals surface area contributed by atoms with Crippen LogP contribution in [0.3, 0.4) is 0 Å². The summed E-state index contributed by atoms with van der Waals surface area (Å²) < 4.78 is 23.0. The molecule has 68 heavy (non-hydrogen) atoms. The van der Waals surface area contributed by atoms with Crippen molar-refractivity contribution in [3.8, 4) is 39.8 Å². The Balaban J connectivity index is 0.884. The number of rotatable bonds is 24. The van der Waals surface area contributed by atoms with Crippen LogP contribution in [0.15, 0.2) is 60.6 Å². The molecule has 17 heteroatoms. The molecule has 12 nitrogen and oxygen atoms in total. The van der Waals surface area contributed by atoms with Gasteiger partial charge in [-0.3, -0.25) is 14.0 Å². The maximum Gasteiger partial charge on any atom is 0.306 e. The first-order chi connectivity index (χ1) is 32.8. The van der Waals surface area contributed by atoms with E-state index >= 15 is 0 Å². The van der Waals surface area contributed by atoms with Gasteiger partial charge in [0.25, 0.3) is 0 Å². The monoisotopic (exact) mass is 1010 g/mol. The van der Waals surface area contributed by atoms with E-state index in [1.807, 2.05) is 60.8 Å². The Morgan fingerprint density at radius 1 is 0.838 bits per heavy atom. The highest BCUT2D eigenvalue weighted by molar-refractivity contribution is 7.29. The summed E-state index contributed by atoms with van der Waals surface area (Å²) in [5.74, 6) is 0.0528. The van der Waals surface area contributed by atoms with E-state index in [0.29, 0.717) is 43.0 Å². The second-order valence-corrected chi connectivity index (χ2v) is 28.5. The second kappa shape index (κ2) is 22.8. The molecule has 0 spiro atoms. The van der Waals surface area contributed by atoms with Gasteiger partial charge in [-0.2, -0.15) is 0 Å². The van der Waals surface area contributed by atoms with Gasteiger partial charge in [0.2, 0.25) is 0 Å². The van der Waals surface area contributed by atoms with Crippen molar-refractivity contribution in [2.24, 2.45) is 0 Å². The summed E-state index contributed by atoms with van der Waals surface area (Å²) in [6.07, 6.45) is 18.1. The number of hydrogen-bond acceptors (Lipinski definition) is 14. The zero-order valence-corrected chi connectivity index (χ0v) is 45.1. The highest BCUT2D eigenvalue weighted by Crippen LogP contribution is 2.46. The fourth-order valence-corrected chi connectivity index (χ4v) is 13.9. The molecular formula is C51H68N8O4S4Si. The van der Waals surface area contributed by atoms with Gasteiger partial charge in [0.15, 0.2) is 19.8 Å². The first-order valence-electron chi connectivity index (χ1n) is 24.5. The van der Waals surface area contributed by atoms with E-state index in [2.05, 4.69) is 115 Å². The molecule has 0 amide bonds. The molecular weight excluding hydrogens is 945 g/mol. The van der Waals surface area contributed by atoms with Crippen LogP contribution in [0.5, 0.6) is 0 Å². The van der Waals surface area contributed by atoms with Gasteiger partial charge in [-0.15, -0.1) is 50.4 Å². The van der Waals surface area contributed by atoms with Gasteiger partial charge in [0, 0.05) is 48.6 Å². The van der Waals surface area contributed by atoms with Crippen molar-refractivity contribution in [1.82, 2.24) is 34.5 Å². The lowest BCUT2D eigenvalue weighted by atomic mass is 10.1. The van der Waals surface area contributed by atoms with Crippen LogP contribution in [0, 0.1) is 0 Å². The number of unbranched alkanes of at least 4 members (excludes halogenated alkanes) is 7. The average Bonchev–Trinajstić information content (AvgIpc) is 4.17. The normalized spacial score (nSPS) is 16.7. The van der Waals surface area contributed by atoms with E-state index in [0.717, 1.165) is 29.8 Å². The topological polar surface area (TPSA) is 145 Å². The lowest BCUT2D eigenvalue weighted by Crippen LogP contribution is -2.44. The van der Waals surface area contributed by atoms with Crippen molar-refractivity contribution in [2.75, 3.05) is 12.3 Å². The number of hydrogen-bond donors (Lipinski definition) is 1. The minimum Gasteiger partial charge on any atom is -0.459 e. The lowest BCUT2D eigenvalue weighted by molar-refractivity contribution is -0.153. The predicted molar refractivity (Wildman–Crippen MR) is 284 cm³/mol. The minimum absolute atomic E-state index is 0.0214. The fraction of sp³-hybridized carbons (Fsp3) is 0.529. The Bertz CT molecular complexity index is 2720.